The normalized spacial score (nSPS) is 18.5. The van der Waals surface area contributed by atoms with Gasteiger partial charge in [-0.25, -0.2) is 0 Å². The highest BCUT2D eigenvalue weighted by molar-refractivity contribution is 5.74. The van der Waals surface area contributed by atoms with Crippen LogP contribution in [0.25, 0.3) is 0 Å². The van der Waals surface area contributed by atoms with Crippen LogP contribution in [-0.2, 0) is 0 Å². The molecule has 0 atom stereocenters. The van der Waals surface area contributed by atoms with Crippen LogP contribution in [-0.4, -0.2) is 30.8 Å². The number of nitrogens with zero attached hydrogens (tertiary/aromatic N) is 1. The second kappa shape index (κ2) is 5.87. The van der Waals surface area contributed by atoms with E-state index in [1.165, 1.54) is 38.0 Å². The van der Waals surface area contributed by atoms with E-state index in [0.29, 0.717) is 11.3 Å². The molecule has 1 heterocycles. The van der Waals surface area contributed by atoms with Crippen molar-refractivity contribution in [3.8, 4) is 0 Å². The van der Waals surface area contributed by atoms with Crippen LogP contribution in [0.2, 0.25) is 0 Å². The number of piperidine rings is 1. The van der Waals surface area contributed by atoms with Crippen molar-refractivity contribution in [3.63, 3.8) is 0 Å². The standard InChI is InChI=1S/C17H25NO/c1-17(2,3)13-18-10-8-16(9-11-18)15-6-4-14(12-19)5-7-15/h4-7,12,16H,8-11,13H2,1-3H3. The van der Waals surface area contributed by atoms with Gasteiger partial charge in [-0.05, 0) is 42.8 Å². The molecule has 1 aromatic carbocycles. The van der Waals surface area contributed by atoms with Crippen molar-refractivity contribution in [3.05, 3.63) is 35.4 Å². The number of likely N-dealkylation sites (tertiary alicyclic amines) is 1. The van der Waals surface area contributed by atoms with E-state index in [2.05, 4.69) is 37.8 Å². The molecule has 0 saturated carbocycles. The highest BCUT2D eigenvalue weighted by Crippen LogP contribution is 2.29. The van der Waals surface area contributed by atoms with E-state index in [0.717, 1.165) is 11.8 Å². The first kappa shape index (κ1) is 14.3. The molecule has 0 bridgehead atoms. The molecular formula is C17H25NO. The average Bonchev–Trinajstić information content (AvgIpc) is 2.38. The SMILES string of the molecule is CC(C)(C)CN1CCC(c2ccc(C=O)cc2)CC1. The van der Waals surface area contributed by atoms with Crippen LogP contribution in [0.4, 0.5) is 0 Å². The van der Waals surface area contributed by atoms with Crippen molar-refractivity contribution in [2.45, 2.75) is 39.5 Å². The van der Waals surface area contributed by atoms with Gasteiger partial charge in [0.1, 0.15) is 6.29 Å². The molecule has 2 rings (SSSR count). The molecule has 0 spiro atoms. The Balaban J connectivity index is 1.90. The summed E-state index contributed by atoms with van der Waals surface area (Å²) in [6.07, 6.45) is 3.38. The molecule has 0 unspecified atom stereocenters. The van der Waals surface area contributed by atoms with Gasteiger partial charge in [0, 0.05) is 12.1 Å². The Morgan fingerprint density at radius 1 is 1.16 bits per heavy atom. The van der Waals surface area contributed by atoms with Gasteiger partial charge in [-0.2, -0.15) is 0 Å². The summed E-state index contributed by atoms with van der Waals surface area (Å²) < 4.78 is 0. The molecule has 1 fully saturated rings. The first-order chi connectivity index (χ1) is 8.98. The molecule has 104 valence electrons. The molecule has 1 aromatic rings. The molecule has 1 aliphatic rings. The third-order valence-corrected chi connectivity index (χ3v) is 3.83. The van der Waals surface area contributed by atoms with Crippen molar-refractivity contribution in [1.29, 1.82) is 0 Å². The van der Waals surface area contributed by atoms with Gasteiger partial charge in [-0.1, -0.05) is 45.0 Å². The molecule has 0 aliphatic carbocycles. The molecule has 19 heavy (non-hydrogen) atoms. The quantitative estimate of drug-likeness (QED) is 0.771. The second-order valence-corrected chi connectivity index (χ2v) is 6.90. The molecule has 0 N–H and O–H groups in total. The van der Waals surface area contributed by atoms with E-state index < -0.39 is 0 Å². The van der Waals surface area contributed by atoms with E-state index >= 15 is 0 Å². The Labute approximate surface area is 116 Å². The summed E-state index contributed by atoms with van der Waals surface area (Å²) in [5, 5.41) is 0. The Kier molecular flexibility index (Phi) is 4.41. The number of aldehydes is 1. The van der Waals surface area contributed by atoms with E-state index in [1.54, 1.807) is 0 Å². The molecule has 2 heteroatoms. The average molecular weight is 259 g/mol. The Bertz CT molecular complexity index is 408. The number of benzene rings is 1. The molecule has 1 saturated heterocycles. The van der Waals surface area contributed by atoms with Gasteiger partial charge in [0.05, 0.1) is 0 Å². The highest BCUT2D eigenvalue weighted by Gasteiger charge is 2.23. The summed E-state index contributed by atoms with van der Waals surface area (Å²) in [5.74, 6) is 0.664. The fourth-order valence-corrected chi connectivity index (χ4v) is 2.94. The van der Waals surface area contributed by atoms with Crippen LogP contribution in [0.1, 0.15) is 55.5 Å². The third kappa shape index (κ3) is 4.17. The first-order valence-corrected chi connectivity index (χ1v) is 7.25. The highest BCUT2D eigenvalue weighted by atomic mass is 16.1. The van der Waals surface area contributed by atoms with Crippen molar-refractivity contribution >= 4 is 6.29 Å². The zero-order chi connectivity index (χ0) is 13.9. The van der Waals surface area contributed by atoms with Gasteiger partial charge in [0.15, 0.2) is 0 Å². The fourth-order valence-electron chi connectivity index (χ4n) is 2.94. The van der Waals surface area contributed by atoms with Gasteiger partial charge < -0.3 is 4.90 Å². The van der Waals surface area contributed by atoms with Gasteiger partial charge >= 0.3 is 0 Å². The largest absolute Gasteiger partial charge is 0.303 e. The van der Waals surface area contributed by atoms with E-state index in [-0.39, 0.29) is 0 Å². The number of hydrogen-bond donors (Lipinski definition) is 0. The zero-order valence-electron chi connectivity index (χ0n) is 12.4. The summed E-state index contributed by atoms with van der Waals surface area (Å²) in [5.41, 5.74) is 2.55. The predicted molar refractivity (Wildman–Crippen MR) is 79.7 cm³/mol. The van der Waals surface area contributed by atoms with Crippen LogP contribution in [0.5, 0.6) is 0 Å². The Morgan fingerprint density at radius 2 is 1.74 bits per heavy atom. The molecule has 1 aliphatic heterocycles. The maximum Gasteiger partial charge on any atom is 0.150 e. The smallest absolute Gasteiger partial charge is 0.150 e. The lowest BCUT2D eigenvalue weighted by molar-refractivity contribution is 0.112. The van der Waals surface area contributed by atoms with E-state index in [9.17, 15) is 4.79 Å². The van der Waals surface area contributed by atoms with E-state index in [4.69, 9.17) is 0 Å². The maximum absolute atomic E-state index is 10.7. The molecule has 0 radical (unpaired) electrons. The lowest BCUT2D eigenvalue weighted by atomic mass is 9.87. The second-order valence-electron chi connectivity index (χ2n) is 6.90. The third-order valence-electron chi connectivity index (χ3n) is 3.83. The van der Waals surface area contributed by atoms with Crippen molar-refractivity contribution in [2.24, 2.45) is 5.41 Å². The predicted octanol–water partition coefficient (Wildman–Crippen LogP) is 3.72. The molecular weight excluding hydrogens is 234 g/mol. The number of carbonyl (C=O) groups is 1. The zero-order valence-corrected chi connectivity index (χ0v) is 12.4. The Hall–Kier alpha value is -1.15. The minimum absolute atomic E-state index is 0.387. The van der Waals surface area contributed by atoms with Crippen LogP contribution in [0.3, 0.4) is 0 Å². The van der Waals surface area contributed by atoms with Gasteiger partial charge in [0.25, 0.3) is 0 Å². The lowest BCUT2D eigenvalue weighted by Crippen LogP contribution is -2.38. The van der Waals surface area contributed by atoms with Crippen LogP contribution >= 0.6 is 0 Å². The minimum atomic E-state index is 0.387. The van der Waals surface area contributed by atoms with Crippen LogP contribution in [0, 0.1) is 5.41 Å². The summed E-state index contributed by atoms with van der Waals surface area (Å²) in [6.45, 7) is 10.5. The summed E-state index contributed by atoms with van der Waals surface area (Å²) >= 11 is 0. The van der Waals surface area contributed by atoms with Gasteiger partial charge in [-0.15, -0.1) is 0 Å². The Morgan fingerprint density at radius 3 is 2.21 bits per heavy atom. The van der Waals surface area contributed by atoms with Gasteiger partial charge in [-0.3, -0.25) is 4.79 Å². The van der Waals surface area contributed by atoms with Crippen LogP contribution < -0.4 is 0 Å². The summed E-state index contributed by atoms with van der Waals surface area (Å²) in [6, 6.07) is 8.11. The number of rotatable bonds is 3. The fraction of sp³-hybridized carbons (Fsp3) is 0.588. The topological polar surface area (TPSA) is 20.3 Å². The molecule has 0 amide bonds. The molecule has 2 nitrogen and oxygen atoms in total. The van der Waals surface area contributed by atoms with E-state index in [1.807, 2.05) is 12.1 Å². The lowest BCUT2D eigenvalue weighted by Gasteiger charge is -2.36. The molecule has 0 aromatic heterocycles. The number of hydrogen-bond acceptors (Lipinski definition) is 2. The maximum atomic E-state index is 10.7. The minimum Gasteiger partial charge on any atom is -0.303 e. The van der Waals surface area contributed by atoms with Crippen molar-refractivity contribution < 1.29 is 4.79 Å². The monoisotopic (exact) mass is 259 g/mol. The van der Waals surface area contributed by atoms with Crippen molar-refractivity contribution in [1.82, 2.24) is 4.90 Å². The summed E-state index contributed by atoms with van der Waals surface area (Å²) in [4.78, 5) is 13.2. The summed E-state index contributed by atoms with van der Waals surface area (Å²) in [7, 11) is 0. The van der Waals surface area contributed by atoms with Gasteiger partial charge in [0.2, 0.25) is 0 Å². The number of carbonyl (C=O) groups excluding carboxylic acids is 1. The van der Waals surface area contributed by atoms with Crippen LogP contribution in [0.15, 0.2) is 24.3 Å². The first-order valence-electron chi connectivity index (χ1n) is 7.25. The van der Waals surface area contributed by atoms with Crippen molar-refractivity contribution in [2.75, 3.05) is 19.6 Å².